The molecule has 0 aliphatic carbocycles. The number of aliphatic imine (C=N–C) groups is 1. The van der Waals surface area contributed by atoms with Crippen LogP contribution in [0.3, 0.4) is 0 Å². The maximum absolute atomic E-state index is 5.38. The maximum Gasteiger partial charge on any atom is 0.194 e. The van der Waals surface area contributed by atoms with E-state index in [1.807, 2.05) is 32.2 Å². The van der Waals surface area contributed by atoms with E-state index in [9.17, 15) is 0 Å². The Morgan fingerprint density at radius 2 is 2.13 bits per heavy atom. The van der Waals surface area contributed by atoms with Crippen molar-refractivity contribution < 1.29 is 8.83 Å². The first kappa shape index (κ1) is 17.2. The van der Waals surface area contributed by atoms with E-state index in [4.69, 9.17) is 13.8 Å². The Kier molecular flexibility index (Phi) is 6.32. The second-order valence-corrected chi connectivity index (χ2v) is 5.85. The summed E-state index contributed by atoms with van der Waals surface area (Å²) in [7, 11) is 2.05. The molecule has 0 saturated heterocycles. The van der Waals surface area contributed by atoms with Gasteiger partial charge in [-0.15, -0.1) is 0 Å². The molecule has 2 aromatic heterocycles. The fourth-order valence-electron chi connectivity index (χ4n) is 2.23. The van der Waals surface area contributed by atoms with Gasteiger partial charge in [0.15, 0.2) is 5.96 Å². The van der Waals surface area contributed by atoms with E-state index in [-0.39, 0.29) is 0 Å². The predicted molar refractivity (Wildman–Crippen MR) is 92.5 cm³/mol. The van der Waals surface area contributed by atoms with Gasteiger partial charge in [-0.25, -0.2) is 0 Å². The number of hydrogen-bond acceptors (Lipinski definition) is 3. The molecule has 126 valence electrons. The van der Waals surface area contributed by atoms with E-state index in [1.165, 1.54) is 5.56 Å². The highest BCUT2D eigenvalue weighted by Crippen LogP contribution is 2.11. The standard InChI is InChI=1S/C18H27N3O2/c1-5-14(2)20-18(19-10-8-17-7-6-11-23-17)21(4)13-16-9-12-22-15(16)3/h6-7,9,11-12,14H,5,8,10,13H2,1-4H3,(H,19,20). The van der Waals surface area contributed by atoms with Crippen LogP contribution in [0.1, 0.15) is 37.4 Å². The van der Waals surface area contributed by atoms with Crippen LogP contribution in [0.2, 0.25) is 0 Å². The van der Waals surface area contributed by atoms with Crippen molar-refractivity contribution in [2.75, 3.05) is 13.6 Å². The van der Waals surface area contributed by atoms with Crippen LogP contribution < -0.4 is 5.32 Å². The average molecular weight is 317 g/mol. The van der Waals surface area contributed by atoms with Gasteiger partial charge in [0.05, 0.1) is 12.5 Å². The first-order chi connectivity index (χ1) is 11.1. The second-order valence-electron chi connectivity index (χ2n) is 5.85. The van der Waals surface area contributed by atoms with E-state index in [2.05, 4.69) is 24.1 Å². The highest BCUT2D eigenvalue weighted by molar-refractivity contribution is 5.80. The fraction of sp³-hybridized carbons (Fsp3) is 0.500. The Labute approximate surface area is 138 Å². The summed E-state index contributed by atoms with van der Waals surface area (Å²) < 4.78 is 10.7. The lowest BCUT2D eigenvalue weighted by atomic mass is 10.2. The molecule has 0 spiro atoms. The summed E-state index contributed by atoms with van der Waals surface area (Å²) in [5.74, 6) is 2.83. The zero-order chi connectivity index (χ0) is 16.7. The van der Waals surface area contributed by atoms with Crippen molar-refractivity contribution in [3.05, 3.63) is 47.8 Å². The zero-order valence-corrected chi connectivity index (χ0v) is 14.5. The first-order valence-corrected chi connectivity index (χ1v) is 8.17. The van der Waals surface area contributed by atoms with Crippen LogP contribution in [-0.2, 0) is 13.0 Å². The highest BCUT2D eigenvalue weighted by atomic mass is 16.3. The molecule has 23 heavy (non-hydrogen) atoms. The van der Waals surface area contributed by atoms with Crippen molar-refractivity contribution >= 4 is 5.96 Å². The second kappa shape index (κ2) is 8.46. The third-order valence-corrected chi connectivity index (χ3v) is 3.92. The van der Waals surface area contributed by atoms with Gasteiger partial charge < -0.3 is 19.1 Å². The molecule has 2 rings (SSSR count). The number of aryl methyl sites for hydroxylation is 1. The Morgan fingerprint density at radius 1 is 1.30 bits per heavy atom. The SMILES string of the molecule is CCC(C)NC(=NCCc1ccco1)N(C)Cc1ccoc1C. The van der Waals surface area contributed by atoms with Crippen LogP contribution in [0, 0.1) is 6.92 Å². The minimum atomic E-state index is 0.380. The smallest absolute Gasteiger partial charge is 0.194 e. The van der Waals surface area contributed by atoms with Crippen molar-refractivity contribution in [2.24, 2.45) is 4.99 Å². The van der Waals surface area contributed by atoms with Gasteiger partial charge in [0.2, 0.25) is 0 Å². The molecule has 5 nitrogen and oxygen atoms in total. The quantitative estimate of drug-likeness (QED) is 0.626. The average Bonchev–Trinajstić information content (AvgIpc) is 3.18. The predicted octanol–water partition coefficient (Wildman–Crippen LogP) is 3.60. The number of hydrogen-bond donors (Lipinski definition) is 1. The van der Waals surface area contributed by atoms with Gasteiger partial charge in [0.25, 0.3) is 0 Å². The third-order valence-electron chi connectivity index (χ3n) is 3.92. The molecule has 5 heteroatoms. The van der Waals surface area contributed by atoms with E-state index in [0.29, 0.717) is 12.6 Å². The Bertz CT molecular complexity index is 602. The normalized spacial score (nSPS) is 13.1. The van der Waals surface area contributed by atoms with Crippen molar-refractivity contribution in [3.8, 4) is 0 Å². The lowest BCUT2D eigenvalue weighted by Gasteiger charge is -2.25. The molecule has 2 heterocycles. The molecule has 0 fully saturated rings. The molecule has 0 saturated carbocycles. The fourth-order valence-corrected chi connectivity index (χ4v) is 2.23. The summed E-state index contributed by atoms with van der Waals surface area (Å²) in [5, 5.41) is 3.49. The maximum atomic E-state index is 5.38. The van der Waals surface area contributed by atoms with Gasteiger partial charge in [-0.3, -0.25) is 4.99 Å². The van der Waals surface area contributed by atoms with Crippen LogP contribution in [0.5, 0.6) is 0 Å². The summed E-state index contributed by atoms with van der Waals surface area (Å²) in [4.78, 5) is 6.87. The lowest BCUT2D eigenvalue weighted by Crippen LogP contribution is -2.43. The van der Waals surface area contributed by atoms with Gasteiger partial charge in [-0.05, 0) is 38.5 Å². The molecule has 2 aromatic rings. The molecular formula is C18H27N3O2. The van der Waals surface area contributed by atoms with Gasteiger partial charge in [-0.1, -0.05) is 6.92 Å². The Morgan fingerprint density at radius 3 is 2.74 bits per heavy atom. The lowest BCUT2D eigenvalue weighted by molar-refractivity contribution is 0.449. The van der Waals surface area contributed by atoms with Gasteiger partial charge in [0, 0.05) is 38.2 Å². The van der Waals surface area contributed by atoms with E-state index in [1.54, 1.807) is 12.5 Å². The van der Waals surface area contributed by atoms with Crippen LogP contribution in [0.25, 0.3) is 0 Å². The number of furan rings is 2. The first-order valence-electron chi connectivity index (χ1n) is 8.17. The van der Waals surface area contributed by atoms with Crippen molar-refractivity contribution in [1.82, 2.24) is 10.2 Å². The third kappa shape index (κ3) is 5.20. The van der Waals surface area contributed by atoms with Gasteiger partial charge in [-0.2, -0.15) is 0 Å². The molecule has 0 amide bonds. The minimum Gasteiger partial charge on any atom is -0.469 e. The molecule has 1 atom stereocenters. The Balaban J connectivity index is 2.01. The molecule has 0 aromatic carbocycles. The van der Waals surface area contributed by atoms with E-state index in [0.717, 1.165) is 36.9 Å². The topological polar surface area (TPSA) is 53.9 Å². The molecule has 0 bridgehead atoms. The zero-order valence-electron chi connectivity index (χ0n) is 14.5. The number of nitrogens with zero attached hydrogens (tertiary/aromatic N) is 2. The van der Waals surface area contributed by atoms with E-state index >= 15 is 0 Å². The number of nitrogens with one attached hydrogen (secondary N) is 1. The molecule has 0 aliphatic rings. The molecule has 1 unspecified atom stereocenters. The van der Waals surface area contributed by atoms with Gasteiger partial charge >= 0.3 is 0 Å². The molecular weight excluding hydrogens is 290 g/mol. The number of rotatable bonds is 7. The van der Waals surface area contributed by atoms with Crippen LogP contribution in [0.15, 0.2) is 44.6 Å². The Hall–Kier alpha value is -2.17. The molecule has 1 N–H and O–H groups in total. The summed E-state index contributed by atoms with van der Waals surface area (Å²) in [6.07, 6.45) is 5.28. The van der Waals surface area contributed by atoms with Crippen molar-refractivity contribution in [2.45, 2.75) is 46.2 Å². The summed E-state index contributed by atoms with van der Waals surface area (Å²) in [5.41, 5.74) is 1.18. The number of guanidine groups is 1. The van der Waals surface area contributed by atoms with E-state index < -0.39 is 0 Å². The monoisotopic (exact) mass is 317 g/mol. The van der Waals surface area contributed by atoms with Crippen LogP contribution in [-0.4, -0.2) is 30.5 Å². The van der Waals surface area contributed by atoms with Crippen LogP contribution in [0.4, 0.5) is 0 Å². The van der Waals surface area contributed by atoms with Crippen LogP contribution >= 0.6 is 0 Å². The van der Waals surface area contributed by atoms with Crippen molar-refractivity contribution in [3.63, 3.8) is 0 Å². The minimum absolute atomic E-state index is 0.380. The highest BCUT2D eigenvalue weighted by Gasteiger charge is 2.12. The molecule has 0 aliphatic heterocycles. The summed E-state index contributed by atoms with van der Waals surface area (Å²) >= 11 is 0. The van der Waals surface area contributed by atoms with Gasteiger partial charge in [0.1, 0.15) is 11.5 Å². The largest absolute Gasteiger partial charge is 0.469 e. The molecule has 0 radical (unpaired) electrons. The summed E-state index contributed by atoms with van der Waals surface area (Å²) in [6.45, 7) is 7.78. The summed E-state index contributed by atoms with van der Waals surface area (Å²) in [6, 6.07) is 6.28. The van der Waals surface area contributed by atoms with Crippen molar-refractivity contribution in [1.29, 1.82) is 0 Å².